The molecule has 1 unspecified atom stereocenters. The van der Waals surface area contributed by atoms with Crippen LogP contribution >= 0.6 is 27.3 Å². The average Bonchev–Trinajstić information content (AvgIpc) is 2.91. The number of carbonyl (C=O) groups excluding carboxylic acids is 1. The maximum atomic E-state index is 11.7. The Morgan fingerprint density at radius 2 is 2.05 bits per heavy atom. The SMILES string of the molecule is CC(Nc1ccc(C(=O)NCCO)cc1)c1sccc1Br. The van der Waals surface area contributed by atoms with Crippen LogP contribution in [0.1, 0.15) is 28.2 Å². The summed E-state index contributed by atoms with van der Waals surface area (Å²) in [5.41, 5.74) is 1.54. The number of halogens is 1. The third-order valence-corrected chi connectivity index (χ3v) is 5.02. The van der Waals surface area contributed by atoms with Crippen LogP contribution in [0.25, 0.3) is 0 Å². The number of thiophene rings is 1. The molecule has 1 aromatic carbocycles. The topological polar surface area (TPSA) is 61.4 Å². The zero-order valence-electron chi connectivity index (χ0n) is 11.6. The Morgan fingerprint density at radius 3 is 2.62 bits per heavy atom. The molecule has 0 aliphatic rings. The molecule has 0 spiro atoms. The minimum Gasteiger partial charge on any atom is -0.395 e. The molecule has 1 amide bonds. The molecule has 2 rings (SSSR count). The molecule has 1 atom stereocenters. The number of anilines is 1. The molecule has 0 bridgehead atoms. The van der Waals surface area contributed by atoms with Crippen LogP contribution < -0.4 is 10.6 Å². The van der Waals surface area contributed by atoms with Crippen LogP contribution in [-0.2, 0) is 0 Å². The summed E-state index contributed by atoms with van der Waals surface area (Å²) in [6, 6.07) is 9.52. The largest absolute Gasteiger partial charge is 0.395 e. The monoisotopic (exact) mass is 368 g/mol. The maximum Gasteiger partial charge on any atom is 0.251 e. The van der Waals surface area contributed by atoms with Gasteiger partial charge in [-0.2, -0.15) is 0 Å². The Kier molecular flexibility index (Phi) is 5.78. The first-order chi connectivity index (χ1) is 10.1. The van der Waals surface area contributed by atoms with Gasteiger partial charge in [-0.05, 0) is 58.6 Å². The van der Waals surface area contributed by atoms with Gasteiger partial charge in [0.2, 0.25) is 0 Å². The average molecular weight is 369 g/mol. The van der Waals surface area contributed by atoms with E-state index in [1.165, 1.54) is 4.88 Å². The lowest BCUT2D eigenvalue weighted by molar-refractivity contribution is 0.0945. The standard InChI is InChI=1S/C15H17BrN2O2S/c1-10(14-13(16)6-9-21-14)18-12-4-2-11(3-5-12)15(20)17-7-8-19/h2-6,9-10,18-19H,7-8H2,1H3,(H,17,20). The molecule has 21 heavy (non-hydrogen) atoms. The van der Waals surface area contributed by atoms with Crippen molar-refractivity contribution in [3.8, 4) is 0 Å². The number of hydrogen-bond donors (Lipinski definition) is 3. The van der Waals surface area contributed by atoms with Crippen LogP contribution in [0, 0.1) is 0 Å². The third kappa shape index (κ3) is 4.30. The summed E-state index contributed by atoms with van der Waals surface area (Å²) in [6.45, 7) is 2.30. The number of amides is 1. The number of aliphatic hydroxyl groups excluding tert-OH is 1. The number of carbonyl (C=O) groups is 1. The zero-order valence-corrected chi connectivity index (χ0v) is 14.0. The highest BCUT2D eigenvalue weighted by Gasteiger charge is 2.11. The van der Waals surface area contributed by atoms with Crippen molar-refractivity contribution in [2.75, 3.05) is 18.5 Å². The van der Waals surface area contributed by atoms with E-state index in [1.54, 1.807) is 23.5 Å². The van der Waals surface area contributed by atoms with Gasteiger partial charge in [-0.15, -0.1) is 11.3 Å². The lowest BCUT2D eigenvalue weighted by Crippen LogP contribution is -2.26. The molecule has 2 aromatic rings. The van der Waals surface area contributed by atoms with Crippen LogP contribution in [0.4, 0.5) is 5.69 Å². The van der Waals surface area contributed by atoms with Gasteiger partial charge in [-0.3, -0.25) is 4.79 Å². The quantitative estimate of drug-likeness (QED) is 0.731. The zero-order chi connectivity index (χ0) is 15.2. The molecular weight excluding hydrogens is 352 g/mol. The predicted octanol–water partition coefficient (Wildman–Crippen LogP) is 3.41. The van der Waals surface area contributed by atoms with Crippen LogP contribution in [0.3, 0.4) is 0 Å². The smallest absolute Gasteiger partial charge is 0.251 e. The summed E-state index contributed by atoms with van der Waals surface area (Å²) in [5, 5.41) is 16.8. The van der Waals surface area contributed by atoms with Crippen molar-refractivity contribution in [1.82, 2.24) is 5.32 Å². The van der Waals surface area contributed by atoms with E-state index in [-0.39, 0.29) is 25.1 Å². The molecular formula is C15H17BrN2O2S. The lowest BCUT2D eigenvalue weighted by Gasteiger charge is -2.15. The summed E-state index contributed by atoms with van der Waals surface area (Å²) < 4.78 is 1.10. The van der Waals surface area contributed by atoms with E-state index < -0.39 is 0 Å². The Labute approximate surface area is 136 Å². The van der Waals surface area contributed by atoms with Crippen molar-refractivity contribution in [2.45, 2.75) is 13.0 Å². The van der Waals surface area contributed by atoms with Gasteiger partial charge in [0.1, 0.15) is 0 Å². The normalized spacial score (nSPS) is 12.0. The van der Waals surface area contributed by atoms with Gasteiger partial charge in [-0.1, -0.05) is 0 Å². The summed E-state index contributed by atoms with van der Waals surface area (Å²) in [7, 11) is 0. The molecule has 0 radical (unpaired) electrons. The molecule has 0 saturated carbocycles. The summed E-state index contributed by atoms with van der Waals surface area (Å²) in [5.74, 6) is -0.176. The van der Waals surface area contributed by atoms with Gasteiger partial charge < -0.3 is 15.7 Å². The molecule has 3 N–H and O–H groups in total. The maximum absolute atomic E-state index is 11.7. The Hall–Kier alpha value is -1.37. The first kappa shape index (κ1) is 16.0. The molecule has 1 aromatic heterocycles. The van der Waals surface area contributed by atoms with E-state index in [4.69, 9.17) is 5.11 Å². The Morgan fingerprint density at radius 1 is 1.33 bits per heavy atom. The molecule has 112 valence electrons. The van der Waals surface area contributed by atoms with E-state index >= 15 is 0 Å². The second-order valence-electron chi connectivity index (χ2n) is 4.56. The van der Waals surface area contributed by atoms with Crippen LogP contribution in [-0.4, -0.2) is 24.2 Å². The highest BCUT2D eigenvalue weighted by molar-refractivity contribution is 9.10. The summed E-state index contributed by atoms with van der Waals surface area (Å²) in [6.07, 6.45) is 0. The fourth-order valence-corrected chi connectivity index (χ4v) is 3.64. The molecule has 0 aliphatic carbocycles. The lowest BCUT2D eigenvalue weighted by atomic mass is 10.1. The van der Waals surface area contributed by atoms with Crippen molar-refractivity contribution >= 4 is 38.9 Å². The van der Waals surface area contributed by atoms with Gasteiger partial charge in [-0.25, -0.2) is 0 Å². The molecule has 0 aliphatic heterocycles. The van der Waals surface area contributed by atoms with Gasteiger partial charge in [0.05, 0.1) is 12.6 Å². The van der Waals surface area contributed by atoms with Gasteiger partial charge in [0, 0.05) is 27.1 Å². The van der Waals surface area contributed by atoms with Gasteiger partial charge in [0.15, 0.2) is 0 Å². The van der Waals surface area contributed by atoms with E-state index in [0.29, 0.717) is 5.56 Å². The van der Waals surface area contributed by atoms with Crippen LogP contribution in [0.2, 0.25) is 0 Å². The molecule has 1 heterocycles. The highest BCUT2D eigenvalue weighted by atomic mass is 79.9. The van der Waals surface area contributed by atoms with Crippen molar-refractivity contribution in [3.63, 3.8) is 0 Å². The van der Waals surface area contributed by atoms with E-state index in [0.717, 1.165) is 10.2 Å². The second-order valence-corrected chi connectivity index (χ2v) is 6.36. The summed E-state index contributed by atoms with van der Waals surface area (Å²) in [4.78, 5) is 13.0. The highest BCUT2D eigenvalue weighted by Crippen LogP contribution is 2.30. The minimum atomic E-state index is -0.176. The van der Waals surface area contributed by atoms with Crippen molar-refractivity contribution in [3.05, 3.63) is 50.6 Å². The van der Waals surface area contributed by atoms with Crippen molar-refractivity contribution < 1.29 is 9.90 Å². The summed E-state index contributed by atoms with van der Waals surface area (Å²) >= 11 is 5.23. The number of hydrogen-bond acceptors (Lipinski definition) is 4. The van der Waals surface area contributed by atoms with Gasteiger partial charge in [0.25, 0.3) is 5.91 Å². The van der Waals surface area contributed by atoms with Crippen molar-refractivity contribution in [1.29, 1.82) is 0 Å². The van der Waals surface area contributed by atoms with Crippen LogP contribution in [0.15, 0.2) is 40.2 Å². The van der Waals surface area contributed by atoms with E-state index in [1.807, 2.05) is 23.6 Å². The van der Waals surface area contributed by atoms with Crippen molar-refractivity contribution in [2.24, 2.45) is 0 Å². The number of benzene rings is 1. The molecule has 6 heteroatoms. The first-order valence-electron chi connectivity index (χ1n) is 6.60. The van der Waals surface area contributed by atoms with Gasteiger partial charge >= 0.3 is 0 Å². The Balaban J connectivity index is 1.99. The minimum absolute atomic E-state index is 0.0570. The third-order valence-electron chi connectivity index (χ3n) is 2.97. The van der Waals surface area contributed by atoms with Crippen LogP contribution in [0.5, 0.6) is 0 Å². The molecule has 0 saturated heterocycles. The molecule has 0 fully saturated rings. The number of nitrogens with one attached hydrogen (secondary N) is 2. The fraction of sp³-hybridized carbons (Fsp3) is 0.267. The Bertz CT molecular complexity index is 598. The fourth-order valence-electron chi connectivity index (χ4n) is 1.92. The molecule has 4 nitrogen and oxygen atoms in total. The second kappa shape index (κ2) is 7.59. The predicted molar refractivity (Wildman–Crippen MR) is 89.9 cm³/mol. The van der Waals surface area contributed by atoms with E-state index in [2.05, 4.69) is 33.5 Å². The van der Waals surface area contributed by atoms with E-state index in [9.17, 15) is 4.79 Å². The first-order valence-corrected chi connectivity index (χ1v) is 8.27. The number of rotatable bonds is 6. The number of aliphatic hydroxyl groups is 1.